The third kappa shape index (κ3) is 2.58. The highest BCUT2D eigenvalue weighted by Crippen LogP contribution is 2.35. The number of imidazole rings is 1. The van der Waals surface area contributed by atoms with Gasteiger partial charge >= 0.3 is 11.9 Å². The molecule has 6 nitrogen and oxygen atoms in total. The van der Waals surface area contributed by atoms with Crippen LogP contribution in [0.1, 0.15) is 34.9 Å². The Morgan fingerprint density at radius 3 is 2.65 bits per heavy atom. The summed E-state index contributed by atoms with van der Waals surface area (Å²) in [4.78, 5) is 27.7. The summed E-state index contributed by atoms with van der Waals surface area (Å²) in [6, 6.07) is 5.66. The van der Waals surface area contributed by atoms with Crippen molar-refractivity contribution in [1.82, 2.24) is 9.55 Å². The Labute approximate surface area is 131 Å². The molecule has 1 atom stereocenters. The number of ether oxygens (including phenoxy) is 1. The zero-order valence-electron chi connectivity index (χ0n) is 12.5. The van der Waals surface area contributed by atoms with Crippen molar-refractivity contribution < 1.29 is 23.8 Å². The summed E-state index contributed by atoms with van der Waals surface area (Å²) in [5, 5.41) is 9.43. The third-order valence-corrected chi connectivity index (χ3v) is 4.00. The van der Waals surface area contributed by atoms with Crippen LogP contribution in [0.15, 0.2) is 24.3 Å². The molecule has 0 amide bonds. The zero-order valence-corrected chi connectivity index (χ0v) is 12.5. The summed E-state index contributed by atoms with van der Waals surface area (Å²) in [7, 11) is 1.28. The van der Waals surface area contributed by atoms with E-state index in [2.05, 4.69) is 4.98 Å². The standard InChI is InChI=1S/C16H15FN2O4/c1-23-16(22)11-3-2-8-19-13(11)12(15(20)21)18-14(19)9-4-6-10(17)7-5-9/h4-7,11H,2-3,8H2,1H3,(H,20,21). The molecule has 1 aromatic carbocycles. The smallest absolute Gasteiger partial charge is 0.356 e. The lowest BCUT2D eigenvalue weighted by atomic mass is 9.94. The first-order valence-electron chi connectivity index (χ1n) is 7.20. The number of hydrogen-bond donors (Lipinski definition) is 1. The Morgan fingerprint density at radius 1 is 1.35 bits per heavy atom. The van der Waals surface area contributed by atoms with Gasteiger partial charge in [0.25, 0.3) is 0 Å². The average molecular weight is 318 g/mol. The predicted octanol–water partition coefficient (Wildman–Crippen LogP) is 2.44. The number of carbonyl (C=O) groups excluding carboxylic acids is 1. The van der Waals surface area contributed by atoms with Gasteiger partial charge in [0.15, 0.2) is 5.69 Å². The van der Waals surface area contributed by atoms with E-state index < -0.39 is 17.9 Å². The number of halogens is 1. The zero-order chi connectivity index (χ0) is 16.6. The summed E-state index contributed by atoms with van der Waals surface area (Å²) in [6.45, 7) is 0.551. The van der Waals surface area contributed by atoms with Gasteiger partial charge in [-0.05, 0) is 37.1 Å². The summed E-state index contributed by atoms with van der Waals surface area (Å²) in [5.41, 5.74) is 0.806. The minimum atomic E-state index is -1.20. The number of fused-ring (bicyclic) bond motifs is 1. The van der Waals surface area contributed by atoms with Gasteiger partial charge in [-0.25, -0.2) is 14.2 Å². The lowest BCUT2D eigenvalue weighted by molar-refractivity contribution is -0.143. The van der Waals surface area contributed by atoms with E-state index in [-0.39, 0.29) is 11.5 Å². The van der Waals surface area contributed by atoms with E-state index in [4.69, 9.17) is 4.74 Å². The molecule has 23 heavy (non-hydrogen) atoms. The predicted molar refractivity (Wildman–Crippen MR) is 78.6 cm³/mol. The number of aromatic nitrogens is 2. The second-order valence-electron chi connectivity index (χ2n) is 5.35. The van der Waals surface area contributed by atoms with Gasteiger partial charge in [-0.2, -0.15) is 0 Å². The number of hydrogen-bond acceptors (Lipinski definition) is 4. The van der Waals surface area contributed by atoms with Gasteiger partial charge in [-0.15, -0.1) is 0 Å². The molecule has 0 aliphatic carbocycles. The van der Waals surface area contributed by atoms with Crippen LogP contribution in [-0.2, 0) is 16.1 Å². The number of carbonyl (C=O) groups is 2. The van der Waals surface area contributed by atoms with Gasteiger partial charge in [0.05, 0.1) is 18.7 Å². The number of benzene rings is 1. The molecule has 0 saturated heterocycles. The van der Waals surface area contributed by atoms with Gasteiger partial charge in [-0.3, -0.25) is 4.79 Å². The topological polar surface area (TPSA) is 81.4 Å². The highest BCUT2D eigenvalue weighted by Gasteiger charge is 2.35. The van der Waals surface area contributed by atoms with Crippen LogP contribution in [0.2, 0.25) is 0 Å². The molecule has 3 rings (SSSR count). The van der Waals surface area contributed by atoms with Crippen LogP contribution in [0.5, 0.6) is 0 Å². The first-order valence-corrected chi connectivity index (χ1v) is 7.20. The molecule has 1 aliphatic rings. The summed E-state index contributed by atoms with van der Waals surface area (Å²) >= 11 is 0. The quantitative estimate of drug-likeness (QED) is 0.879. The number of carboxylic acid groups (broad SMARTS) is 1. The molecule has 0 fully saturated rings. The Kier molecular flexibility index (Phi) is 3.85. The van der Waals surface area contributed by atoms with Crippen molar-refractivity contribution in [2.45, 2.75) is 25.3 Å². The lowest BCUT2D eigenvalue weighted by Gasteiger charge is -2.24. The molecule has 0 bridgehead atoms. The maximum atomic E-state index is 13.1. The normalized spacial score (nSPS) is 16.7. The first-order chi connectivity index (χ1) is 11.0. The van der Waals surface area contributed by atoms with Crippen molar-refractivity contribution >= 4 is 11.9 Å². The number of esters is 1. The highest BCUT2D eigenvalue weighted by molar-refractivity contribution is 5.91. The molecule has 1 N–H and O–H groups in total. The molecule has 2 aromatic rings. The second-order valence-corrected chi connectivity index (χ2v) is 5.35. The van der Waals surface area contributed by atoms with E-state index in [9.17, 15) is 19.1 Å². The van der Waals surface area contributed by atoms with Crippen molar-refractivity contribution in [3.05, 3.63) is 41.5 Å². The van der Waals surface area contributed by atoms with Crippen LogP contribution in [0, 0.1) is 5.82 Å². The van der Waals surface area contributed by atoms with Crippen LogP contribution in [0.3, 0.4) is 0 Å². The number of carboxylic acids is 1. The lowest BCUT2D eigenvalue weighted by Crippen LogP contribution is -2.25. The maximum Gasteiger partial charge on any atom is 0.356 e. The van der Waals surface area contributed by atoms with Gasteiger partial charge in [0.2, 0.25) is 0 Å². The summed E-state index contributed by atoms with van der Waals surface area (Å²) < 4.78 is 19.6. The van der Waals surface area contributed by atoms with E-state index in [0.717, 1.165) is 0 Å². The summed E-state index contributed by atoms with van der Waals surface area (Å²) in [6.07, 6.45) is 1.22. The fourth-order valence-electron chi connectivity index (χ4n) is 2.98. The molecule has 2 heterocycles. The van der Waals surface area contributed by atoms with Crippen molar-refractivity contribution in [2.24, 2.45) is 0 Å². The van der Waals surface area contributed by atoms with Gasteiger partial charge in [0, 0.05) is 12.1 Å². The maximum absolute atomic E-state index is 13.1. The van der Waals surface area contributed by atoms with Gasteiger partial charge in [-0.1, -0.05) is 0 Å². The molecule has 7 heteroatoms. The van der Waals surface area contributed by atoms with E-state index in [0.29, 0.717) is 36.5 Å². The number of aromatic carboxylic acids is 1. The molecule has 0 saturated carbocycles. The molecule has 120 valence electrons. The van der Waals surface area contributed by atoms with Crippen molar-refractivity contribution in [3.63, 3.8) is 0 Å². The van der Waals surface area contributed by atoms with Crippen LogP contribution >= 0.6 is 0 Å². The Balaban J connectivity index is 2.18. The summed E-state index contributed by atoms with van der Waals surface area (Å²) in [5.74, 6) is -2.28. The minimum Gasteiger partial charge on any atom is -0.476 e. The largest absolute Gasteiger partial charge is 0.476 e. The van der Waals surface area contributed by atoms with Crippen LogP contribution in [0.25, 0.3) is 11.4 Å². The number of nitrogens with zero attached hydrogens (tertiary/aromatic N) is 2. The minimum absolute atomic E-state index is 0.153. The Hall–Kier alpha value is -2.70. The van der Waals surface area contributed by atoms with E-state index in [1.54, 1.807) is 16.7 Å². The van der Waals surface area contributed by atoms with Crippen LogP contribution in [0.4, 0.5) is 4.39 Å². The SMILES string of the molecule is COC(=O)C1CCCn2c(-c3ccc(F)cc3)nc(C(=O)O)c21. The fourth-order valence-corrected chi connectivity index (χ4v) is 2.98. The third-order valence-electron chi connectivity index (χ3n) is 4.00. The number of methoxy groups -OCH3 is 1. The van der Waals surface area contributed by atoms with E-state index in [1.165, 1.54) is 19.2 Å². The van der Waals surface area contributed by atoms with E-state index >= 15 is 0 Å². The second kappa shape index (κ2) is 5.83. The van der Waals surface area contributed by atoms with Crippen molar-refractivity contribution in [2.75, 3.05) is 7.11 Å². The van der Waals surface area contributed by atoms with Crippen molar-refractivity contribution in [1.29, 1.82) is 0 Å². The Morgan fingerprint density at radius 2 is 2.04 bits per heavy atom. The van der Waals surface area contributed by atoms with Crippen LogP contribution in [-0.4, -0.2) is 33.7 Å². The molecule has 0 spiro atoms. The molecule has 1 unspecified atom stereocenters. The molecule has 1 aromatic heterocycles. The highest BCUT2D eigenvalue weighted by atomic mass is 19.1. The first kappa shape index (κ1) is 15.2. The fraction of sp³-hybridized carbons (Fsp3) is 0.312. The number of rotatable bonds is 3. The molecular weight excluding hydrogens is 303 g/mol. The Bertz CT molecular complexity index is 767. The molecule has 1 aliphatic heterocycles. The van der Waals surface area contributed by atoms with Gasteiger partial charge in [0.1, 0.15) is 11.6 Å². The molecular formula is C16H15FN2O4. The van der Waals surface area contributed by atoms with Gasteiger partial charge < -0.3 is 14.4 Å². The van der Waals surface area contributed by atoms with Crippen LogP contribution < -0.4 is 0 Å². The van der Waals surface area contributed by atoms with Crippen molar-refractivity contribution in [3.8, 4) is 11.4 Å². The molecule has 0 radical (unpaired) electrons. The average Bonchev–Trinajstić information content (AvgIpc) is 2.95. The van der Waals surface area contributed by atoms with E-state index in [1.807, 2.05) is 0 Å². The monoisotopic (exact) mass is 318 g/mol.